The average Bonchev–Trinajstić information content (AvgIpc) is 2.61. The Morgan fingerprint density at radius 1 is 1.46 bits per heavy atom. The smallest absolute Gasteiger partial charge is 0.123 e. The second-order valence-electron chi connectivity index (χ2n) is 3.31. The molecule has 70 valence electrons. The van der Waals surface area contributed by atoms with Crippen molar-refractivity contribution in [3.63, 3.8) is 0 Å². The van der Waals surface area contributed by atoms with Gasteiger partial charge >= 0.3 is 0 Å². The fraction of sp³-hybridized carbons (Fsp3) is 0.400. The molecule has 1 aliphatic heterocycles. The van der Waals surface area contributed by atoms with Crippen molar-refractivity contribution >= 4 is 11.6 Å². The molecule has 1 fully saturated rings. The summed E-state index contributed by atoms with van der Waals surface area (Å²) in [7, 11) is 0. The number of rotatable bonds is 1. The Hall–Kier alpha value is -0.600. The van der Waals surface area contributed by atoms with E-state index in [-0.39, 0.29) is 11.9 Å². The highest BCUT2D eigenvalue weighted by Crippen LogP contribution is 2.29. The van der Waals surface area contributed by atoms with Gasteiger partial charge in [-0.2, -0.15) is 0 Å². The van der Waals surface area contributed by atoms with E-state index in [1.165, 1.54) is 12.1 Å². The second-order valence-corrected chi connectivity index (χ2v) is 3.72. The molecule has 0 spiro atoms. The quantitative estimate of drug-likeness (QED) is 0.734. The summed E-state index contributed by atoms with van der Waals surface area (Å²) in [6.45, 7) is 0.998. The van der Waals surface area contributed by atoms with E-state index in [2.05, 4.69) is 5.32 Å². The summed E-state index contributed by atoms with van der Waals surface area (Å²) in [6.07, 6.45) is 2.18. The molecule has 0 radical (unpaired) electrons. The van der Waals surface area contributed by atoms with E-state index < -0.39 is 0 Å². The van der Waals surface area contributed by atoms with Crippen molar-refractivity contribution in [2.45, 2.75) is 18.9 Å². The van der Waals surface area contributed by atoms with E-state index >= 15 is 0 Å². The molecule has 2 rings (SSSR count). The first kappa shape index (κ1) is 8.97. The van der Waals surface area contributed by atoms with Gasteiger partial charge in [-0.05, 0) is 43.1 Å². The van der Waals surface area contributed by atoms with Crippen molar-refractivity contribution < 1.29 is 4.39 Å². The fourth-order valence-corrected chi connectivity index (χ4v) is 1.98. The lowest BCUT2D eigenvalue weighted by atomic mass is 10.1. The normalized spacial score (nSPS) is 22.2. The Balaban J connectivity index is 2.32. The van der Waals surface area contributed by atoms with Crippen LogP contribution in [0.25, 0.3) is 0 Å². The molecule has 1 saturated heterocycles. The SMILES string of the molecule is Fc1ccc(Cl)c([C@H]2CCCN2)c1. The molecule has 0 unspecified atom stereocenters. The van der Waals surface area contributed by atoms with Crippen LogP contribution < -0.4 is 5.32 Å². The lowest BCUT2D eigenvalue weighted by molar-refractivity contribution is 0.607. The predicted molar refractivity (Wildman–Crippen MR) is 51.4 cm³/mol. The van der Waals surface area contributed by atoms with Gasteiger partial charge in [-0.15, -0.1) is 0 Å². The minimum Gasteiger partial charge on any atom is -0.310 e. The molecule has 1 aromatic rings. The fourth-order valence-electron chi connectivity index (χ4n) is 1.73. The molecule has 1 N–H and O–H groups in total. The number of halogens is 2. The number of nitrogens with one attached hydrogen (secondary N) is 1. The molecule has 0 amide bonds. The zero-order valence-electron chi connectivity index (χ0n) is 7.19. The van der Waals surface area contributed by atoms with Gasteiger partial charge in [-0.1, -0.05) is 11.6 Å². The van der Waals surface area contributed by atoms with Gasteiger partial charge in [0.25, 0.3) is 0 Å². The van der Waals surface area contributed by atoms with Gasteiger partial charge in [0.2, 0.25) is 0 Å². The molecule has 0 saturated carbocycles. The largest absolute Gasteiger partial charge is 0.310 e. The molecule has 1 aromatic carbocycles. The van der Waals surface area contributed by atoms with E-state index in [0.717, 1.165) is 24.9 Å². The van der Waals surface area contributed by atoms with Crippen LogP contribution in [0.4, 0.5) is 4.39 Å². The van der Waals surface area contributed by atoms with Crippen LogP contribution in [0.5, 0.6) is 0 Å². The summed E-state index contributed by atoms with van der Waals surface area (Å²) >= 11 is 5.97. The highest BCUT2D eigenvalue weighted by Gasteiger charge is 2.18. The molecule has 3 heteroatoms. The molecular formula is C10H11ClFN. The minimum absolute atomic E-state index is 0.215. The highest BCUT2D eigenvalue weighted by atomic mass is 35.5. The van der Waals surface area contributed by atoms with Crippen LogP contribution in [0, 0.1) is 5.82 Å². The Morgan fingerprint density at radius 3 is 3.00 bits per heavy atom. The number of hydrogen-bond acceptors (Lipinski definition) is 1. The van der Waals surface area contributed by atoms with Gasteiger partial charge in [0.05, 0.1) is 0 Å². The first-order valence-electron chi connectivity index (χ1n) is 4.46. The number of hydrogen-bond donors (Lipinski definition) is 1. The molecular weight excluding hydrogens is 189 g/mol. The van der Waals surface area contributed by atoms with Crippen LogP contribution in [0.2, 0.25) is 5.02 Å². The van der Waals surface area contributed by atoms with Crippen molar-refractivity contribution in [2.75, 3.05) is 6.54 Å². The van der Waals surface area contributed by atoms with Gasteiger partial charge in [0, 0.05) is 11.1 Å². The van der Waals surface area contributed by atoms with Crippen molar-refractivity contribution in [3.05, 3.63) is 34.6 Å². The standard InChI is InChI=1S/C10H11ClFN/c11-9-4-3-7(12)6-8(9)10-2-1-5-13-10/h3-4,6,10,13H,1-2,5H2/t10-/m1/s1. The van der Waals surface area contributed by atoms with Crippen LogP contribution in [-0.4, -0.2) is 6.54 Å². The molecule has 13 heavy (non-hydrogen) atoms. The second kappa shape index (κ2) is 3.64. The van der Waals surface area contributed by atoms with Gasteiger partial charge < -0.3 is 5.32 Å². The topological polar surface area (TPSA) is 12.0 Å². The Bertz CT molecular complexity index is 308. The Kier molecular flexibility index (Phi) is 2.51. The van der Waals surface area contributed by atoms with Crippen LogP contribution in [0.1, 0.15) is 24.4 Å². The molecule has 0 aliphatic carbocycles. The third-order valence-electron chi connectivity index (χ3n) is 2.39. The Labute approximate surface area is 81.9 Å². The summed E-state index contributed by atoms with van der Waals surface area (Å²) < 4.78 is 12.9. The molecule has 1 nitrogen and oxygen atoms in total. The van der Waals surface area contributed by atoms with E-state index in [1.807, 2.05) is 0 Å². The van der Waals surface area contributed by atoms with Gasteiger partial charge in [0.15, 0.2) is 0 Å². The Morgan fingerprint density at radius 2 is 2.31 bits per heavy atom. The zero-order chi connectivity index (χ0) is 9.26. The van der Waals surface area contributed by atoms with E-state index in [4.69, 9.17) is 11.6 Å². The molecule has 1 atom stereocenters. The third-order valence-corrected chi connectivity index (χ3v) is 2.74. The van der Waals surface area contributed by atoms with Crippen LogP contribution in [0.3, 0.4) is 0 Å². The minimum atomic E-state index is -0.215. The van der Waals surface area contributed by atoms with Crippen LogP contribution >= 0.6 is 11.6 Å². The van der Waals surface area contributed by atoms with Crippen LogP contribution in [-0.2, 0) is 0 Å². The maximum Gasteiger partial charge on any atom is 0.123 e. The van der Waals surface area contributed by atoms with Crippen LogP contribution in [0.15, 0.2) is 18.2 Å². The highest BCUT2D eigenvalue weighted by molar-refractivity contribution is 6.31. The summed E-state index contributed by atoms with van der Waals surface area (Å²) in [6, 6.07) is 4.77. The maximum atomic E-state index is 12.9. The molecule has 1 heterocycles. The van der Waals surface area contributed by atoms with Crippen molar-refractivity contribution in [1.82, 2.24) is 5.32 Å². The van der Waals surface area contributed by atoms with Gasteiger partial charge in [0.1, 0.15) is 5.82 Å². The van der Waals surface area contributed by atoms with E-state index in [0.29, 0.717) is 5.02 Å². The summed E-state index contributed by atoms with van der Waals surface area (Å²) in [5.41, 5.74) is 0.888. The molecule has 1 aliphatic rings. The summed E-state index contributed by atoms with van der Waals surface area (Å²) in [4.78, 5) is 0. The van der Waals surface area contributed by atoms with E-state index in [9.17, 15) is 4.39 Å². The summed E-state index contributed by atoms with van der Waals surface area (Å²) in [5.74, 6) is -0.215. The van der Waals surface area contributed by atoms with Gasteiger partial charge in [-0.3, -0.25) is 0 Å². The first-order chi connectivity index (χ1) is 6.27. The van der Waals surface area contributed by atoms with Crippen molar-refractivity contribution in [1.29, 1.82) is 0 Å². The first-order valence-corrected chi connectivity index (χ1v) is 4.83. The van der Waals surface area contributed by atoms with Gasteiger partial charge in [-0.25, -0.2) is 4.39 Å². The summed E-state index contributed by atoms with van der Waals surface area (Å²) in [5, 5.41) is 3.94. The number of benzene rings is 1. The molecule has 0 bridgehead atoms. The monoisotopic (exact) mass is 199 g/mol. The average molecular weight is 200 g/mol. The van der Waals surface area contributed by atoms with E-state index in [1.54, 1.807) is 6.07 Å². The van der Waals surface area contributed by atoms with Crippen molar-refractivity contribution in [2.24, 2.45) is 0 Å². The lowest BCUT2D eigenvalue weighted by Crippen LogP contribution is -2.13. The molecule has 0 aromatic heterocycles. The zero-order valence-corrected chi connectivity index (χ0v) is 7.94. The predicted octanol–water partition coefficient (Wildman–Crippen LogP) is 2.90. The maximum absolute atomic E-state index is 12.9. The van der Waals surface area contributed by atoms with Crippen molar-refractivity contribution in [3.8, 4) is 0 Å². The lowest BCUT2D eigenvalue weighted by Gasteiger charge is -2.12. The third kappa shape index (κ3) is 1.84.